The fourth-order valence-electron chi connectivity index (χ4n) is 1.78. The van der Waals surface area contributed by atoms with Crippen LogP contribution < -0.4 is 10.6 Å². The minimum atomic E-state index is -0.394. The highest BCUT2D eigenvalue weighted by molar-refractivity contribution is 5.94. The second kappa shape index (κ2) is 6.06. The van der Waals surface area contributed by atoms with Gasteiger partial charge in [-0.25, -0.2) is 4.39 Å². The fourth-order valence-corrected chi connectivity index (χ4v) is 1.78. The molecule has 20 heavy (non-hydrogen) atoms. The Kier molecular flexibility index (Phi) is 4.20. The van der Waals surface area contributed by atoms with Gasteiger partial charge in [0.05, 0.1) is 0 Å². The Morgan fingerprint density at radius 1 is 1.20 bits per heavy atom. The van der Waals surface area contributed by atoms with Crippen LogP contribution in [0.4, 0.5) is 10.1 Å². The zero-order valence-corrected chi connectivity index (χ0v) is 11.0. The largest absolute Gasteiger partial charge is 0.508 e. The molecule has 0 fully saturated rings. The molecule has 0 bridgehead atoms. The number of carbonyl (C=O) groups is 1. The van der Waals surface area contributed by atoms with Gasteiger partial charge in [0.2, 0.25) is 0 Å². The smallest absolute Gasteiger partial charge is 0.251 e. The Labute approximate surface area is 116 Å². The van der Waals surface area contributed by atoms with Crippen LogP contribution in [-0.2, 0) is 6.54 Å². The van der Waals surface area contributed by atoms with Crippen LogP contribution in [0.15, 0.2) is 42.5 Å². The van der Waals surface area contributed by atoms with Crippen molar-refractivity contribution in [2.45, 2.75) is 6.54 Å². The van der Waals surface area contributed by atoms with E-state index in [9.17, 15) is 14.3 Å². The minimum absolute atomic E-state index is 0.0425. The molecule has 2 aromatic carbocycles. The Morgan fingerprint density at radius 2 is 1.90 bits per heavy atom. The summed E-state index contributed by atoms with van der Waals surface area (Å²) in [4.78, 5) is 11.4. The van der Waals surface area contributed by atoms with Crippen molar-refractivity contribution in [1.29, 1.82) is 0 Å². The van der Waals surface area contributed by atoms with Gasteiger partial charge in [-0.3, -0.25) is 4.79 Å². The molecule has 0 spiro atoms. The van der Waals surface area contributed by atoms with Crippen molar-refractivity contribution in [3.63, 3.8) is 0 Å². The SMILES string of the molecule is CNC(=O)c1ccc(NCc2cc(F)ccc2O)cc1. The van der Waals surface area contributed by atoms with Crippen LogP contribution in [-0.4, -0.2) is 18.1 Å². The number of hydrogen-bond donors (Lipinski definition) is 3. The number of halogens is 1. The van der Waals surface area contributed by atoms with Crippen molar-refractivity contribution >= 4 is 11.6 Å². The third-order valence-electron chi connectivity index (χ3n) is 2.90. The highest BCUT2D eigenvalue weighted by Crippen LogP contribution is 2.19. The van der Waals surface area contributed by atoms with E-state index in [-0.39, 0.29) is 11.7 Å². The molecule has 0 aliphatic rings. The third kappa shape index (κ3) is 3.26. The van der Waals surface area contributed by atoms with Gasteiger partial charge >= 0.3 is 0 Å². The number of amides is 1. The molecule has 4 nitrogen and oxygen atoms in total. The van der Waals surface area contributed by atoms with E-state index in [0.717, 1.165) is 5.69 Å². The van der Waals surface area contributed by atoms with Gasteiger partial charge in [-0.2, -0.15) is 0 Å². The first kappa shape index (κ1) is 13.9. The summed E-state index contributed by atoms with van der Waals surface area (Å²) in [6, 6.07) is 10.7. The van der Waals surface area contributed by atoms with Gasteiger partial charge in [0.15, 0.2) is 0 Å². The lowest BCUT2D eigenvalue weighted by atomic mass is 10.1. The van der Waals surface area contributed by atoms with Crippen LogP contribution in [0.5, 0.6) is 5.75 Å². The number of carbonyl (C=O) groups excluding carboxylic acids is 1. The van der Waals surface area contributed by atoms with Crippen molar-refractivity contribution in [2.24, 2.45) is 0 Å². The Hall–Kier alpha value is -2.56. The molecule has 2 rings (SSSR count). The summed E-state index contributed by atoms with van der Waals surface area (Å²) in [6.45, 7) is 0.295. The third-order valence-corrected chi connectivity index (χ3v) is 2.90. The first-order chi connectivity index (χ1) is 9.60. The summed E-state index contributed by atoms with van der Waals surface area (Å²) in [5, 5.41) is 15.2. The Bertz CT molecular complexity index is 612. The number of nitrogens with one attached hydrogen (secondary N) is 2. The van der Waals surface area contributed by atoms with Crippen molar-refractivity contribution in [3.05, 3.63) is 59.4 Å². The van der Waals surface area contributed by atoms with Crippen LogP contribution >= 0.6 is 0 Å². The second-order valence-corrected chi connectivity index (χ2v) is 4.28. The van der Waals surface area contributed by atoms with E-state index in [1.807, 2.05) is 0 Å². The molecule has 0 heterocycles. The van der Waals surface area contributed by atoms with Crippen LogP contribution in [0.1, 0.15) is 15.9 Å². The highest BCUT2D eigenvalue weighted by atomic mass is 19.1. The number of aromatic hydroxyl groups is 1. The molecular weight excluding hydrogens is 259 g/mol. The quantitative estimate of drug-likeness (QED) is 0.802. The molecular formula is C15H15FN2O2. The van der Waals surface area contributed by atoms with Crippen molar-refractivity contribution in [1.82, 2.24) is 5.32 Å². The Morgan fingerprint density at radius 3 is 2.55 bits per heavy atom. The predicted octanol–water partition coefficient (Wildman–Crippen LogP) is 2.50. The van der Waals surface area contributed by atoms with Crippen LogP contribution in [0, 0.1) is 5.82 Å². The lowest BCUT2D eigenvalue weighted by Crippen LogP contribution is -2.17. The number of benzene rings is 2. The topological polar surface area (TPSA) is 61.4 Å². The maximum atomic E-state index is 13.1. The van der Waals surface area contributed by atoms with Gasteiger partial charge in [-0.15, -0.1) is 0 Å². The highest BCUT2D eigenvalue weighted by Gasteiger charge is 2.04. The van der Waals surface area contributed by atoms with Crippen molar-refractivity contribution in [2.75, 3.05) is 12.4 Å². The maximum absolute atomic E-state index is 13.1. The number of phenolic OH excluding ortho intramolecular Hbond substituents is 1. The molecule has 0 unspecified atom stereocenters. The van der Waals surface area contributed by atoms with Crippen LogP contribution in [0.25, 0.3) is 0 Å². The van der Waals surface area contributed by atoms with E-state index < -0.39 is 5.82 Å². The predicted molar refractivity (Wildman–Crippen MR) is 75.2 cm³/mol. The number of anilines is 1. The second-order valence-electron chi connectivity index (χ2n) is 4.28. The molecule has 0 saturated carbocycles. The first-order valence-corrected chi connectivity index (χ1v) is 6.13. The number of rotatable bonds is 4. The van der Waals surface area contributed by atoms with E-state index in [4.69, 9.17) is 0 Å². The molecule has 0 atom stereocenters. The average Bonchev–Trinajstić information content (AvgIpc) is 2.48. The van der Waals surface area contributed by atoms with E-state index in [2.05, 4.69) is 10.6 Å². The first-order valence-electron chi connectivity index (χ1n) is 6.13. The summed E-state index contributed by atoms with van der Waals surface area (Å²) >= 11 is 0. The maximum Gasteiger partial charge on any atom is 0.251 e. The summed E-state index contributed by atoms with van der Waals surface area (Å²) in [6.07, 6.45) is 0. The summed E-state index contributed by atoms with van der Waals surface area (Å²) in [7, 11) is 1.57. The molecule has 104 valence electrons. The molecule has 0 aliphatic carbocycles. The normalized spacial score (nSPS) is 10.1. The van der Waals surface area contributed by atoms with E-state index in [1.165, 1.54) is 18.2 Å². The average molecular weight is 274 g/mol. The fraction of sp³-hybridized carbons (Fsp3) is 0.133. The number of hydrogen-bond acceptors (Lipinski definition) is 3. The minimum Gasteiger partial charge on any atom is -0.508 e. The molecule has 0 radical (unpaired) electrons. The van der Waals surface area contributed by atoms with Gasteiger partial charge in [0, 0.05) is 30.4 Å². The zero-order chi connectivity index (χ0) is 14.5. The lowest BCUT2D eigenvalue weighted by molar-refractivity contribution is 0.0963. The molecule has 2 aromatic rings. The van der Waals surface area contributed by atoms with E-state index in [1.54, 1.807) is 31.3 Å². The molecule has 1 amide bonds. The summed E-state index contributed by atoms with van der Waals surface area (Å²) in [5.41, 5.74) is 1.81. The van der Waals surface area contributed by atoms with Gasteiger partial charge < -0.3 is 15.7 Å². The van der Waals surface area contributed by atoms with Gasteiger partial charge in [0.25, 0.3) is 5.91 Å². The lowest BCUT2D eigenvalue weighted by Gasteiger charge is -2.09. The molecule has 3 N–H and O–H groups in total. The summed E-state index contributed by atoms with van der Waals surface area (Å²) < 4.78 is 13.1. The summed E-state index contributed by atoms with van der Waals surface area (Å²) in [5.74, 6) is -0.505. The number of phenols is 1. The molecule has 0 saturated heterocycles. The van der Waals surface area contributed by atoms with Crippen molar-refractivity contribution in [3.8, 4) is 5.75 Å². The van der Waals surface area contributed by atoms with E-state index in [0.29, 0.717) is 17.7 Å². The van der Waals surface area contributed by atoms with Gasteiger partial charge in [-0.05, 0) is 42.5 Å². The van der Waals surface area contributed by atoms with Crippen molar-refractivity contribution < 1.29 is 14.3 Å². The van der Waals surface area contributed by atoms with Gasteiger partial charge in [-0.1, -0.05) is 0 Å². The molecule has 0 aromatic heterocycles. The molecule has 0 aliphatic heterocycles. The molecule has 5 heteroatoms. The Balaban J connectivity index is 2.04. The van der Waals surface area contributed by atoms with E-state index >= 15 is 0 Å². The standard InChI is InChI=1S/C15H15FN2O2/c1-17-15(20)10-2-5-13(6-3-10)18-9-11-8-12(16)4-7-14(11)19/h2-8,18-19H,9H2,1H3,(H,17,20). The monoisotopic (exact) mass is 274 g/mol. The van der Waals surface area contributed by atoms with Gasteiger partial charge in [0.1, 0.15) is 11.6 Å². The van der Waals surface area contributed by atoms with Crippen LogP contribution in [0.3, 0.4) is 0 Å². The van der Waals surface area contributed by atoms with Crippen LogP contribution in [0.2, 0.25) is 0 Å². The zero-order valence-electron chi connectivity index (χ0n) is 11.0.